The van der Waals surface area contributed by atoms with Gasteiger partial charge in [-0.1, -0.05) is 29.8 Å². The Bertz CT molecular complexity index is 522. The van der Waals surface area contributed by atoms with E-state index < -0.39 is 0 Å². The number of nitrogens with one attached hydrogen (secondary N) is 2. The molecule has 1 aliphatic rings. The maximum Gasteiger partial charge on any atom is 0.191 e. The van der Waals surface area contributed by atoms with Crippen LogP contribution >= 0.6 is 11.6 Å². The van der Waals surface area contributed by atoms with Crippen LogP contribution in [0, 0.1) is 0 Å². The number of guanidine groups is 1. The molecule has 0 radical (unpaired) electrons. The van der Waals surface area contributed by atoms with Gasteiger partial charge in [0.15, 0.2) is 5.96 Å². The van der Waals surface area contributed by atoms with Crippen LogP contribution in [0.1, 0.15) is 39.2 Å². The van der Waals surface area contributed by atoms with Gasteiger partial charge < -0.3 is 15.5 Å². The highest BCUT2D eigenvalue weighted by Gasteiger charge is 2.21. The topological polar surface area (TPSA) is 39.7 Å². The van der Waals surface area contributed by atoms with Gasteiger partial charge in [-0.3, -0.25) is 4.99 Å². The Balaban J connectivity index is 1.84. The second-order valence-electron chi connectivity index (χ2n) is 6.65. The Morgan fingerprint density at radius 3 is 2.62 bits per heavy atom. The molecule has 134 valence electrons. The third-order valence-electron chi connectivity index (χ3n) is 4.55. The fourth-order valence-corrected chi connectivity index (χ4v) is 3.29. The standard InChI is InChI=1S/C19H31ClN4/c1-4-21-19(22-12-9-16-7-5-6-8-18(16)20)23-17-10-13-24(14-11-17)15(2)3/h5-8,15,17H,4,9-14H2,1-3H3,(H2,21,22,23). The highest BCUT2D eigenvalue weighted by Crippen LogP contribution is 2.15. The van der Waals surface area contributed by atoms with Crippen LogP contribution in [0.2, 0.25) is 5.02 Å². The minimum absolute atomic E-state index is 0.512. The lowest BCUT2D eigenvalue weighted by molar-refractivity contribution is 0.167. The van der Waals surface area contributed by atoms with Crippen LogP contribution < -0.4 is 10.6 Å². The molecular weight excluding hydrogens is 320 g/mol. The minimum Gasteiger partial charge on any atom is -0.357 e. The minimum atomic E-state index is 0.512. The molecule has 0 aliphatic carbocycles. The average Bonchev–Trinajstić information content (AvgIpc) is 2.57. The van der Waals surface area contributed by atoms with Gasteiger partial charge in [0.25, 0.3) is 0 Å². The molecule has 1 fully saturated rings. The average molecular weight is 351 g/mol. The molecule has 24 heavy (non-hydrogen) atoms. The van der Waals surface area contributed by atoms with Gasteiger partial charge in [-0.25, -0.2) is 0 Å². The summed E-state index contributed by atoms with van der Waals surface area (Å²) in [6.07, 6.45) is 3.21. The summed E-state index contributed by atoms with van der Waals surface area (Å²) in [4.78, 5) is 7.26. The molecule has 4 nitrogen and oxygen atoms in total. The van der Waals surface area contributed by atoms with E-state index in [1.165, 1.54) is 12.8 Å². The first-order chi connectivity index (χ1) is 11.6. The quantitative estimate of drug-likeness (QED) is 0.610. The van der Waals surface area contributed by atoms with E-state index in [1.54, 1.807) is 0 Å². The number of nitrogens with zero attached hydrogens (tertiary/aromatic N) is 2. The van der Waals surface area contributed by atoms with E-state index >= 15 is 0 Å². The molecule has 0 unspecified atom stereocenters. The smallest absolute Gasteiger partial charge is 0.191 e. The predicted molar refractivity (Wildman–Crippen MR) is 104 cm³/mol. The molecule has 2 N–H and O–H groups in total. The van der Waals surface area contributed by atoms with Crippen LogP contribution in [0.3, 0.4) is 0 Å². The molecule has 0 saturated carbocycles. The number of hydrogen-bond donors (Lipinski definition) is 2. The molecule has 1 saturated heterocycles. The SMILES string of the molecule is CCNC(=NCCc1ccccc1Cl)NC1CCN(C(C)C)CC1. The molecule has 1 aliphatic heterocycles. The lowest BCUT2D eigenvalue weighted by atomic mass is 10.0. The van der Waals surface area contributed by atoms with Crippen LogP contribution in [0.15, 0.2) is 29.3 Å². The van der Waals surface area contributed by atoms with Gasteiger partial charge in [-0.15, -0.1) is 0 Å². The largest absolute Gasteiger partial charge is 0.357 e. The molecule has 1 aromatic rings. The normalized spacial score (nSPS) is 17.3. The van der Waals surface area contributed by atoms with Crippen LogP contribution in [-0.4, -0.2) is 49.1 Å². The van der Waals surface area contributed by atoms with Crippen molar-refractivity contribution >= 4 is 17.6 Å². The van der Waals surface area contributed by atoms with Crippen LogP contribution in [0.25, 0.3) is 0 Å². The van der Waals surface area contributed by atoms with Gasteiger partial charge in [0.1, 0.15) is 0 Å². The summed E-state index contributed by atoms with van der Waals surface area (Å²) in [5.74, 6) is 0.924. The maximum atomic E-state index is 6.21. The van der Waals surface area contributed by atoms with Gasteiger partial charge in [0.2, 0.25) is 0 Å². The molecule has 1 heterocycles. The van der Waals surface area contributed by atoms with Gasteiger partial charge >= 0.3 is 0 Å². The first-order valence-corrected chi connectivity index (χ1v) is 9.50. The van der Waals surface area contributed by atoms with Crippen LogP contribution in [-0.2, 0) is 6.42 Å². The first-order valence-electron chi connectivity index (χ1n) is 9.12. The van der Waals surface area contributed by atoms with E-state index in [9.17, 15) is 0 Å². The Kier molecular flexibility index (Phi) is 7.86. The Morgan fingerprint density at radius 1 is 1.29 bits per heavy atom. The Morgan fingerprint density at radius 2 is 2.00 bits per heavy atom. The third-order valence-corrected chi connectivity index (χ3v) is 4.92. The van der Waals surface area contributed by atoms with Crippen molar-refractivity contribution < 1.29 is 0 Å². The molecule has 5 heteroatoms. The highest BCUT2D eigenvalue weighted by atomic mass is 35.5. The summed E-state index contributed by atoms with van der Waals surface area (Å²) in [6.45, 7) is 10.6. The number of aliphatic imine (C=N–C) groups is 1. The van der Waals surface area contributed by atoms with Crippen molar-refractivity contribution in [3.05, 3.63) is 34.9 Å². The number of rotatable bonds is 6. The van der Waals surface area contributed by atoms with Crippen molar-refractivity contribution in [1.82, 2.24) is 15.5 Å². The second kappa shape index (κ2) is 9.90. The monoisotopic (exact) mass is 350 g/mol. The summed E-state index contributed by atoms with van der Waals surface area (Å²) in [7, 11) is 0. The van der Waals surface area contributed by atoms with Gasteiger partial charge in [-0.05, 0) is 51.7 Å². The van der Waals surface area contributed by atoms with E-state index in [0.717, 1.165) is 49.1 Å². The molecule has 0 atom stereocenters. The van der Waals surface area contributed by atoms with Crippen LogP contribution in [0.4, 0.5) is 0 Å². The maximum absolute atomic E-state index is 6.21. The second-order valence-corrected chi connectivity index (χ2v) is 7.06. The van der Waals surface area contributed by atoms with Crippen molar-refractivity contribution in [2.24, 2.45) is 4.99 Å². The third kappa shape index (κ3) is 5.99. The molecule has 0 bridgehead atoms. The Labute approximate surface area is 151 Å². The van der Waals surface area contributed by atoms with E-state index in [-0.39, 0.29) is 0 Å². The number of likely N-dealkylation sites (tertiary alicyclic amines) is 1. The first kappa shape index (κ1) is 19.1. The molecule has 2 rings (SSSR count). The van der Waals surface area contributed by atoms with Crippen molar-refractivity contribution in [3.63, 3.8) is 0 Å². The van der Waals surface area contributed by atoms with E-state index in [0.29, 0.717) is 12.1 Å². The fourth-order valence-electron chi connectivity index (χ4n) is 3.06. The summed E-state index contributed by atoms with van der Waals surface area (Å²) in [6, 6.07) is 9.15. The zero-order chi connectivity index (χ0) is 17.4. The summed E-state index contributed by atoms with van der Waals surface area (Å²) < 4.78 is 0. The zero-order valence-corrected chi connectivity index (χ0v) is 15.9. The van der Waals surface area contributed by atoms with Gasteiger partial charge in [-0.2, -0.15) is 0 Å². The summed E-state index contributed by atoms with van der Waals surface area (Å²) >= 11 is 6.21. The molecule has 0 amide bonds. The van der Waals surface area contributed by atoms with Crippen molar-refractivity contribution in [2.45, 2.75) is 52.1 Å². The van der Waals surface area contributed by atoms with Crippen molar-refractivity contribution in [3.8, 4) is 0 Å². The summed E-state index contributed by atoms with van der Waals surface area (Å²) in [5, 5.41) is 7.78. The highest BCUT2D eigenvalue weighted by molar-refractivity contribution is 6.31. The van der Waals surface area contributed by atoms with Crippen LogP contribution in [0.5, 0.6) is 0 Å². The predicted octanol–water partition coefficient (Wildman–Crippen LogP) is 3.31. The van der Waals surface area contributed by atoms with Crippen molar-refractivity contribution in [1.29, 1.82) is 0 Å². The lowest BCUT2D eigenvalue weighted by Gasteiger charge is -2.35. The fraction of sp³-hybridized carbons (Fsp3) is 0.632. The van der Waals surface area contributed by atoms with E-state index in [4.69, 9.17) is 16.6 Å². The summed E-state index contributed by atoms with van der Waals surface area (Å²) in [5.41, 5.74) is 1.16. The molecular formula is C19H31ClN4. The number of piperidine rings is 1. The van der Waals surface area contributed by atoms with E-state index in [1.807, 2.05) is 18.2 Å². The van der Waals surface area contributed by atoms with Gasteiger partial charge in [0, 0.05) is 43.3 Å². The zero-order valence-electron chi connectivity index (χ0n) is 15.2. The van der Waals surface area contributed by atoms with E-state index in [2.05, 4.69) is 42.4 Å². The van der Waals surface area contributed by atoms with Gasteiger partial charge in [0.05, 0.1) is 0 Å². The van der Waals surface area contributed by atoms with Crippen molar-refractivity contribution in [2.75, 3.05) is 26.2 Å². The lowest BCUT2D eigenvalue weighted by Crippen LogP contribution is -2.49. The molecule has 1 aromatic carbocycles. The molecule has 0 spiro atoms. The number of hydrogen-bond acceptors (Lipinski definition) is 2. The number of halogens is 1. The number of benzene rings is 1. The molecule has 0 aromatic heterocycles. The Hall–Kier alpha value is -1.26.